The van der Waals surface area contributed by atoms with Gasteiger partial charge >= 0.3 is 5.97 Å². The van der Waals surface area contributed by atoms with Gasteiger partial charge in [0.1, 0.15) is 6.10 Å². The van der Waals surface area contributed by atoms with Crippen LogP contribution in [0.25, 0.3) is 0 Å². The summed E-state index contributed by atoms with van der Waals surface area (Å²) >= 11 is 0. The smallest absolute Gasteiger partial charge is 0.360 e. The van der Waals surface area contributed by atoms with E-state index < -0.39 is 5.97 Å². The van der Waals surface area contributed by atoms with Crippen LogP contribution in [0.1, 0.15) is 29.3 Å². The quantitative estimate of drug-likeness (QED) is 0.715. The van der Waals surface area contributed by atoms with Crippen LogP contribution in [0.3, 0.4) is 0 Å². The van der Waals surface area contributed by atoms with Gasteiger partial charge in [-0.1, -0.05) is 0 Å². The van der Waals surface area contributed by atoms with Crippen LogP contribution in [0.4, 0.5) is 0 Å². The van der Waals surface area contributed by atoms with Gasteiger partial charge in [-0.3, -0.25) is 0 Å². The summed E-state index contributed by atoms with van der Waals surface area (Å²) in [7, 11) is 0. The average Bonchev–Trinajstić information content (AvgIpc) is 2.79. The molecule has 88 valence electrons. The molecule has 1 atom stereocenters. The first kappa shape index (κ1) is 11.1. The number of hydrogen-bond donors (Lipinski definition) is 0. The molecular formula is C10H13NO5. The van der Waals surface area contributed by atoms with Gasteiger partial charge in [-0.15, -0.1) is 0 Å². The number of ether oxygens (including phenoxy) is 3. The number of carbonyl (C=O) groups is 1. The van der Waals surface area contributed by atoms with E-state index in [1.807, 2.05) is 0 Å². The van der Waals surface area contributed by atoms with Gasteiger partial charge in [0.05, 0.1) is 26.4 Å². The molecule has 1 aromatic rings. The van der Waals surface area contributed by atoms with E-state index >= 15 is 0 Å². The van der Waals surface area contributed by atoms with E-state index in [9.17, 15) is 4.79 Å². The number of hydrogen-bond acceptors (Lipinski definition) is 6. The summed E-state index contributed by atoms with van der Waals surface area (Å²) in [5, 5.41) is 0. The molecule has 16 heavy (non-hydrogen) atoms. The average molecular weight is 227 g/mol. The summed E-state index contributed by atoms with van der Waals surface area (Å²) in [5.41, 5.74) is 0.164. The third-order valence-electron chi connectivity index (χ3n) is 2.17. The number of oxazole rings is 1. The lowest BCUT2D eigenvalue weighted by Gasteiger charge is -2.21. The molecule has 1 aliphatic rings. The summed E-state index contributed by atoms with van der Waals surface area (Å²) < 4.78 is 20.7. The van der Waals surface area contributed by atoms with Crippen molar-refractivity contribution in [2.45, 2.75) is 13.0 Å². The number of carbonyl (C=O) groups excluding carboxylic acids is 1. The van der Waals surface area contributed by atoms with E-state index in [4.69, 9.17) is 18.6 Å². The van der Waals surface area contributed by atoms with Crippen molar-refractivity contribution in [2.24, 2.45) is 0 Å². The Morgan fingerprint density at radius 3 is 3.19 bits per heavy atom. The zero-order valence-corrected chi connectivity index (χ0v) is 8.97. The molecule has 2 heterocycles. The Balaban J connectivity index is 2.14. The molecule has 0 radical (unpaired) electrons. The van der Waals surface area contributed by atoms with Crippen LogP contribution in [0, 0.1) is 0 Å². The molecule has 1 unspecified atom stereocenters. The molecule has 1 aliphatic heterocycles. The fourth-order valence-corrected chi connectivity index (χ4v) is 1.48. The summed E-state index contributed by atoms with van der Waals surface area (Å²) in [6.45, 7) is 3.43. The van der Waals surface area contributed by atoms with Crippen molar-refractivity contribution in [1.82, 2.24) is 4.98 Å². The summed E-state index contributed by atoms with van der Waals surface area (Å²) in [6.07, 6.45) is 0.829. The van der Waals surface area contributed by atoms with Crippen molar-refractivity contribution in [3.63, 3.8) is 0 Å². The third kappa shape index (κ3) is 2.23. The maximum Gasteiger partial charge on any atom is 0.360 e. The van der Waals surface area contributed by atoms with Crippen molar-refractivity contribution in [1.29, 1.82) is 0 Å². The van der Waals surface area contributed by atoms with Crippen molar-refractivity contribution in [3.8, 4) is 0 Å². The highest BCUT2D eigenvalue weighted by atomic mass is 16.6. The zero-order valence-electron chi connectivity index (χ0n) is 8.97. The second-order valence-corrected chi connectivity index (χ2v) is 3.22. The molecule has 6 nitrogen and oxygen atoms in total. The van der Waals surface area contributed by atoms with E-state index in [-0.39, 0.29) is 11.8 Å². The standard InChI is InChI=1S/C10H13NO5/c1-2-14-10(12)8-9(16-6-11-8)7-5-13-3-4-15-7/h6-7H,2-5H2,1H3. The largest absolute Gasteiger partial charge is 0.461 e. The van der Waals surface area contributed by atoms with Crippen LogP contribution >= 0.6 is 0 Å². The Morgan fingerprint density at radius 1 is 1.62 bits per heavy atom. The molecule has 0 amide bonds. The Hall–Kier alpha value is -1.40. The SMILES string of the molecule is CCOC(=O)c1ncoc1C1COCCO1. The van der Waals surface area contributed by atoms with E-state index in [0.29, 0.717) is 32.2 Å². The van der Waals surface area contributed by atoms with E-state index in [1.165, 1.54) is 6.39 Å². The molecule has 1 aromatic heterocycles. The molecule has 0 aromatic carbocycles. The lowest BCUT2D eigenvalue weighted by atomic mass is 10.2. The molecule has 2 rings (SSSR count). The van der Waals surface area contributed by atoms with Crippen LogP contribution in [0.15, 0.2) is 10.8 Å². The lowest BCUT2D eigenvalue weighted by molar-refractivity contribution is -0.0979. The fraction of sp³-hybridized carbons (Fsp3) is 0.600. The second kappa shape index (κ2) is 5.09. The van der Waals surface area contributed by atoms with Gasteiger partial charge < -0.3 is 18.6 Å². The van der Waals surface area contributed by atoms with Gasteiger partial charge in [0.25, 0.3) is 0 Å². The van der Waals surface area contributed by atoms with Crippen LogP contribution in [-0.2, 0) is 14.2 Å². The van der Waals surface area contributed by atoms with Crippen molar-refractivity contribution >= 4 is 5.97 Å². The number of rotatable bonds is 3. The van der Waals surface area contributed by atoms with Crippen molar-refractivity contribution in [3.05, 3.63) is 17.8 Å². The highest BCUT2D eigenvalue weighted by Crippen LogP contribution is 2.24. The second-order valence-electron chi connectivity index (χ2n) is 3.22. The summed E-state index contributed by atoms with van der Waals surface area (Å²) in [5.74, 6) is -0.126. The van der Waals surface area contributed by atoms with Crippen LogP contribution in [0.2, 0.25) is 0 Å². The molecule has 0 saturated carbocycles. The highest BCUT2D eigenvalue weighted by Gasteiger charge is 2.27. The molecule has 1 fully saturated rings. The molecule has 0 aliphatic carbocycles. The number of nitrogens with zero attached hydrogens (tertiary/aromatic N) is 1. The monoisotopic (exact) mass is 227 g/mol. The number of aromatic nitrogens is 1. The Labute approximate surface area is 92.5 Å². The minimum Gasteiger partial charge on any atom is -0.461 e. The predicted molar refractivity (Wildman–Crippen MR) is 52.0 cm³/mol. The Bertz CT molecular complexity index is 356. The predicted octanol–water partition coefficient (Wildman–Crippen LogP) is 0.939. The normalized spacial score (nSPS) is 20.7. The van der Waals surface area contributed by atoms with Gasteiger partial charge in [-0.2, -0.15) is 0 Å². The van der Waals surface area contributed by atoms with Gasteiger partial charge in [-0.05, 0) is 6.92 Å². The van der Waals surface area contributed by atoms with E-state index in [2.05, 4.69) is 4.98 Å². The summed E-state index contributed by atoms with van der Waals surface area (Å²) in [4.78, 5) is 15.4. The first-order valence-corrected chi connectivity index (χ1v) is 5.12. The van der Waals surface area contributed by atoms with Crippen LogP contribution in [0.5, 0.6) is 0 Å². The topological polar surface area (TPSA) is 70.8 Å². The van der Waals surface area contributed by atoms with Gasteiger partial charge in [-0.25, -0.2) is 9.78 Å². The number of esters is 1. The van der Waals surface area contributed by atoms with Gasteiger partial charge in [0, 0.05) is 0 Å². The Kier molecular flexibility index (Phi) is 3.53. The molecule has 0 bridgehead atoms. The zero-order chi connectivity index (χ0) is 11.4. The lowest BCUT2D eigenvalue weighted by Crippen LogP contribution is -2.23. The molecular weight excluding hydrogens is 214 g/mol. The van der Waals surface area contributed by atoms with E-state index in [1.54, 1.807) is 6.92 Å². The first-order chi connectivity index (χ1) is 7.83. The van der Waals surface area contributed by atoms with Gasteiger partial charge in [0.2, 0.25) is 0 Å². The summed E-state index contributed by atoms with van der Waals surface area (Å²) in [6, 6.07) is 0. The maximum atomic E-state index is 11.5. The van der Waals surface area contributed by atoms with Crippen molar-refractivity contribution < 1.29 is 23.4 Å². The minimum absolute atomic E-state index is 0.164. The molecule has 6 heteroatoms. The fourth-order valence-electron chi connectivity index (χ4n) is 1.48. The molecule has 0 spiro atoms. The molecule has 1 saturated heterocycles. The molecule has 0 N–H and O–H groups in total. The van der Waals surface area contributed by atoms with Crippen LogP contribution in [-0.4, -0.2) is 37.4 Å². The van der Waals surface area contributed by atoms with E-state index in [0.717, 1.165) is 0 Å². The van der Waals surface area contributed by atoms with Crippen molar-refractivity contribution in [2.75, 3.05) is 26.4 Å². The van der Waals surface area contributed by atoms with Gasteiger partial charge in [0.15, 0.2) is 17.8 Å². The first-order valence-electron chi connectivity index (χ1n) is 5.12. The maximum absolute atomic E-state index is 11.5. The minimum atomic E-state index is -0.500. The Morgan fingerprint density at radius 2 is 2.50 bits per heavy atom. The third-order valence-corrected chi connectivity index (χ3v) is 2.17. The highest BCUT2D eigenvalue weighted by molar-refractivity contribution is 5.88. The van der Waals surface area contributed by atoms with Crippen LogP contribution < -0.4 is 0 Å².